The number of carboxylic acids is 1. The second-order valence-electron chi connectivity index (χ2n) is 5.51. The number of nitrogens with one attached hydrogen (secondary N) is 1. The summed E-state index contributed by atoms with van der Waals surface area (Å²) in [7, 11) is 0. The number of amides is 1. The molecule has 110 valence electrons. The molecule has 0 radical (unpaired) electrons. The first-order valence-corrected chi connectivity index (χ1v) is 6.32. The van der Waals surface area contributed by atoms with E-state index < -0.39 is 23.7 Å². The van der Waals surface area contributed by atoms with E-state index in [1.807, 2.05) is 13.0 Å². The molecule has 1 heterocycles. The molecule has 1 amide bonds. The second-order valence-corrected chi connectivity index (χ2v) is 5.51. The average Bonchev–Trinajstić information content (AvgIpc) is 2.25. The third kappa shape index (κ3) is 5.69. The number of carbonyl (C=O) groups is 2. The van der Waals surface area contributed by atoms with Crippen LogP contribution in [0.1, 0.15) is 32.2 Å². The van der Waals surface area contributed by atoms with Crippen LogP contribution in [0, 0.1) is 6.92 Å². The van der Waals surface area contributed by atoms with Gasteiger partial charge in [0.15, 0.2) is 0 Å². The van der Waals surface area contributed by atoms with Gasteiger partial charge in [-0.25, -0.2) is 9.59 Å². The summed E-state index contributed by atoms with van der Waals surface area (Å²) in [4.78, 5) is 27.0. The minimum Gasteiger partial charge on any atom is -0.480 e. The highest BCUT2D eigenvalue weighted by Crippen LogP contribution is 2.08. The standard InChI is InChI=1S/C14H20N2O4/c1-9-6-5-7-10(15-9)8-11(12(17)18)16-13(19)20-14(2,3)4/h5-7,11H,8H2,1-4H3,(H,16,19)(H,17,18). The summed E-state index contributed by atoms with van der Waals surface area (Å²) >= 11 is 0. The van der Waals surface area contributed by atoms with Gasteiger partial charge in [-0.1, -0.05) is 6.07 Å². The van der Waals surface area contributed by atoms with Crippen molar-refractivity contribution in [2.45, 2.75) is 45.8 Å². The van der Waals surface area contributed by atoms with Crippen molar-refractivity contribution < 1.29 is 19.4 Å². The maximum atomic E-state index is 11.6. The zero-order valence-electron chi connectivity index (χ0n) is 12.1. The number of nitrogens with zero attached hydrogens (tertiary/aromatic N) is 1. The Labute approximate surface area is 118 Å². The van der Waals surface area contributed by atoms with E-state index in [2.05, 4.69) is 10.3 Å². The van der Waals surface area contributed by atoms with E-state index in [0.29, 0.717) is 5.69 Å². The van der Waals surface area contributed by atoms with Crippen molar-refractivity contribution in [1.29, 1.82) is 0 Å². The Morgan fingerprint density at radius 1 is 1.40 bits per heavy atom. The van der Waals surface area contributed by atoms with Gasteiger partial charge < -0.3 is 15.2 Å². The summed E-state index contributed by atoms with van der Waals surface area (Å²) in [6.07, 6.45) is -0.645. The normalized spacial score (nSPS) is 12.6. The lowest BCUT2D eigenvalue weighted by Gasteiger charge is -2.21. The predicted molar refractivity (Wildman–Crippen MR) is 73.5 cm³/mol. The Hall–Kier alpha value is -2.11. The van der Waals surface area contributed by atoms with Gasteiger partial charge in [0.2, 0.25) is 0 Å². The molecule has 0 aromatic carbocycles. The van der Waals surface area contributed by atoms with Crippen LogP contribution in [0.4, 0.5) is 4.79 Å². The molecule has 1 unspecified atom stereocenters. The minimum atomic E-state index is -1.13. The van der Waals surface area contributed by atoms with E-state index in [9.17, 15) is 9.59 Å². The van der Waals surface area contributed by atoms with Crippen molar-refractivity contribution in [2.75, 3.05) is 0 Å². The van der Waals surface area contributed by atoms with E-state index in [1.165, 1.54) is 0 Å². The molecule has 2 N–H and O–H groups in total. The van der Waals surface area contributed by atoms with E-state index in [0.717, 1.165) is 5.69 Å². The van der Waals surface area contributed by atoms with Crippen molar-refractivity contribution >= 4 is 12.1 Å². The highest BCUT2D eigenvalue weighted by molar-refractivity contribution is 5.80. The molecule has 0 aliphatic rings. The lowest BCUT2D eigenvalue weighted by atomic mass is 10.1. The molecule has 0 saturated carbocycles. The monoisotopic (exact) mass is 280 g/mol. The predicted octanol–water partition coefficient (Wildman–Crippen LogP) is 1.91. The topological polar surface area (TPSA) is 88.5 Å². The number of carboxylic acid groups (broad SMARTS) is 1. The number of pyridine rings is 1. The van der Waals surface area contributed by atoms with Crippen LogP contribution in [0.3, 0.4) is 0 Å². The number of aliphatic carboxylic acids is 1. The van der Waals surface area contributed by atoms with Crippen molar-refractivity contribution in [3.05, 3.63) is 29.6 Å². The zero-order chi connectivity index (χ0) is 15.3. The molecule has 0 spiro atoms. The molecular formula is C14H20N2O4. The molecule has 0 aliphatic carbocycles. The van der Waals surface area contributed by atoms with Crippen LogP contribution < -0.4 is 5.32 Å². The van der Waals surface area contributed by atoms with E-state index in [4.69, 9.17) is 9.84 Å². The number of aromatic nitrogens is 1. The van der Waals surface area contributed by atoms with Crippen LogP contribution in [-0.4, -0.2) is 33.8 Å². The van der Waals surface area contributed by atoms with E-state index in [-0.39, 0.29) is 6.42 Å². The molecule has 1 rings (SSSR count). The van der Waals surface area contributed by atoms with Crippen molar-refractivity contribution in [2.24, 2.45) is 0 Å². The maximum absolute atomic E-state index is 11.6. The first-order valence-electron chi connectivity index (χ1n) is 6.32. The van der Waals surface area contributed by atoms with Crippen LogP contribution in [0.15, 0.2) is 18.2 Å². The molecule has 6 heteroatoms. The summed E-state index contributed by atoms with van der Waals surface area (Å²) in [5.41, 5.74) is 0.728. The van der Waals surface area contributed by atoms with Crippen LogP contribution in [0.25, 0.3) is 0 Å². The summed E-state index contributed by atoms with van der Waals surface area (Å²) in [6, 6.07) is 4.27. The zero-order valence-corrected chi connectivity index (χ0v) is 12.1. The van der Waals surface area contributed by atoms with Gasteiger partial charge in [0.1, 0.15) is 11.6 Å². The summed E-state index contributed by atoms with van der Waals surface area (Å²) in [5, 5.41) is 11.5. The van der Waals surface area contributed by atoms with Crippen molar-refractivity contribution in [3.8, 4) is 0 Å². The second kappa shape index (κ2) is 6.36. The molecule has 0 saturated heterocycles. The highest BCUT2D eigenvalue weighted by Gasteiger charge is 2.24. The molecule has 1 aromatic heterocycles. The SMILES string of the molecule is Cc1cccc(CC(NC(=O)OC(C)(C)C)C(=O)O)n1. The lowest BCUT2D eigenvalue weighted by molar-refractivity contribution is -0.139. The van der Waals surface area contributed by atoms with Gasteiger partial charge in [-0.05, 0) is 39.8 Å². The number of ether oxygens (including phenoxy) is 1. The molecule has 0 fully saturated rings. The smallest absolute Gasteiger partial charge is 0.408 e. The molecular weight excluding hydrogens is 260 g/mol. The quantitative estimate of drug-likeness (QED) is 0.879. The van der Waals surface area contributed by atoms with Gasteiger partial charge in [0.05, 0.1) is 0 Å². The lowest BCUT2D eigenvalue weighted by Crippen LogP contribution is -2.44. The fraction of sp³-hybridized carbons (Fsp3) is 0.500. The van der Waals surface area contributed by atoms with Gasteiger partial charge in [0, 0.05) is 17.8 Å². The molecule has 0 bridgehead atoms. The number of hydrogen-bond acceptors (Lipinski definition) is 4. The number of rotatable bonds is 4. The largest absolute Gasteiger partial charge is 0.480 e. The molecule has 6 nitrogen and oxygen atoms in total. The van der Waals surface area contributed by atoms with Crippen LogP contribution in [0.2, 0.25) is 0 Å². The third-order valence-electron chi connectivity index (χ3n) is 2.35. The fourth-order valence-corrected chi connectivity index (χ4v) is 1.57. The third-order valence-corrected chi connectivity index (χ3v) is 2.35. The van der Waals surface area contributed by atoms with Gasteiger partial charge in [-0.15, -0.1) is 0 Å². The Balaban J connectivity index is 2.71. The first-order chi connectivity index (χ1) is 9.17. The van der Waals surface area contributed by atoms with Crippen molar-refractivity contribution in [1.82, 2.24) is 10.3 Å². The first kappa shape index (κ1) is 15.9. The van der Waals surface area contributed by atoms with Crippen molar-refractivity contribution in [3.63, 3.8) is 0 Å². The molecule has 1 atom stereocenters. The fourth-order valence-electron chi connectivity index (χ4n) is 1.57. The van der Waals surface area contributed by atoms with Crippen LogP contribution in [-0.2, 0) is 16.0 Å². The molecule has 0 aliphatic heterocycles. The van der Waals surface area contributed by atoms with Gasteiger partial charge in [-0.3, -0.25) is 4.98 Å². The van der Waals surface area contributed by atoms with E-state index >= 15 is 0 Å². The van der Waals surface area contributed by atoms with Gasteiger partial charge >= 0.3 is 12.1 Å². The molecule has 20 heavy (non-hydrogen) atoms. The minimum absolute atomic E-state index is 0.107. The number of carbonyl (C=O) groups excluding carboxylic acids is 1. The number of alkyl carbamates (subject to hydrolysis) is 1. The number of hydrogen-bond donors (Lipinski definition) is 2. The Morgan fingerprint density at radius 3 is 2.55 bits per heavy atom. The van der Waals surface area contributed by atoms with E-state index in [1.54, 1.807) is 32.9 Å². The maximum Gasteiger partial charge on any atom is 0.408 e. The Morgan fingerprint density at radius 2 is 2.05 bits per heavy atom. The summed E-state index contributed by atoms with van der Waals surface area (Å²) in [5.74, 6) is -1.13. The Kier molecular flexibility index (Phi) is 5.07. The summed E-state index contributed by atoms with van der Waals surface area (Å²) < 4.78 is 5.05. The van der Waals surface area contributed by atoms with Crippen LogP contribution in [0.5, 0.6) is 0 Å². The molecule has 1 aromatic rings. The average molecular weight is 280 g/mol. The van der Waals surface area contributed by atoms with Gasteiger partial charge in [-0.2, -0.15) is 0 Å². The highest BCUT2D eigenvalue weighted by atomic mass is 16.6. The Bertz CT molecular complexity index is 494. The van der Waals surface area contributed by atoms with Gasteiger partial charge in [0.25, 0.3) is 0 Å². The van der Waals surface area contributed by atoms with Crippen LogP contribution >= 0.6 is 0 Å². The number of aryl methyl sites for hydroxylation is 1. The summed E-state index contributed by atoms with van der Waals surface area (Å²) in [6.45, 7) is 6.96.